The van der Waals surface area contributed by atoms with E-state index in [4.69, 9.17) is 14.2 Å². The zero-order valence-corrected chi connectivity index (χ0v) is 21.7. The second-order valence-electron chi connectivity index (χ2n) is 9.51. The number of amides is 1. The average Bonchev–Trinajstić information content (AvgIpc) is 3.34. The van der Waals surface area contributed by atoms with Crippen LogP contribution in [0.1, 0.15) is 34.7 Å². The number of hydrogen-bond donors (Lipinski definition) is 1. The molecule has 5 rings (SSSR count). The van der Waals surface area contributed by atoms with Gasteiger partial charge in [0.05, 0.1) is 7.11 Å². The molecule has 0 saturated heterocycles. The molecule has 0 unspecified atom stereocenters. The number of benzene rings is 4. The van der Waals surface area contributed by atoms with Gasteiger partial charge in [0.1, 0.15) is 24.8 Å². The summed E-state index contributed by atoms with van der Waals surface area (Å²) in [6.45, 7) is 1.63. The molecule has 0 heterocycles. The predicted octanol–water partition coefficient (Wildman–Crippen LogP) is 6.29. The molecule has 4 aromatic rings. The summed E-state index contributed by atoms with van der Waals surface area (Å²) in [5, 5.41) is 2.52. The van der Waals surface area contributed by atoms with Gasteiger partial charge in [-0.2, -0.15) is 0 Å². The molecule has 4 aromatic carbocycles. The van der Waals surface area contributed by atoms with Gasteiger partial charge in [0, 0.05) is 11.6 Å². The minimum absolute atomic E-state index is 0.00497. The van der Waals surface area contributed by atoms with E-state index in [0.29, 0.717) is 0 Å². The van der Waals surface area contributed by atoms with Crippen molar-refractivity contribution in [3.05, 3.63) is 125 Å². The fraction of sp³-hybridized carbons (Fsp3) is 0.188. The number of halogens is 1. The molecule has 0 radical (unpaired) electrons. The lowest BCUT2D eigenvalue weighted by Crippen LogP contribution is -2.50. The topological polar surface area (TPSA) is 73.9 Å². The Balaban J connectivity index is 1.29. The molecule has 0 spiro atoms. The van der Waals surface area contributed by atoms with Crippen molar-refractivity contribution in [1.29, 1.82) is 0 Å². The highest BCUT2D eigenvalue weighted by molar-refractivity contribution is 5.87. The zero-order chi connectivity index (χ0) is 27.4. The summed E-state index contributed by atoms with van der Waals surface area (Å²) in [6, 6.07) is 27.6. The first-order chi connectivity index (χ1) is 18.9. The maximum atomic E-state index is 15.3. The van der Waals surface area contributed by atoms with Crippen molar-refractivity contribution < 1.29 is 28.2 Å². The largest absolute Gasteiger partial charge is 0.489 e. The molecule has 198 valence electrons. The Labute approximate surface area is 226 Å². The highest BCUT2D eigenvalue weighted by Gasteiger charge is 2.41. The molecule has 1 N–H and O–H groups in total. The summed E-state index contributed by atoms with van der Waals surface area (Å²) in [6.07, 6.45) is -0.129. The van der Waals surface area contributed by atoms with Crippen LogP contribution >= 0.6 is 0 Å². The quantitative estimate of drug-likeness (QED) is 0.241. The van der Waals surface area contributed by atoms with Crippen molar-refractivity contribution >= 4 is 12.1 Å². The van der Waals surface area contributed by atoms with Crippen LogP contribution in [0.15, 0.2) is 91.0 Å². The molecule has 1 amide bonds. The Morgan fingerprint density at radius 2 is 1.64 bits per heavy atom. The van der Waals surface area contributed by atoms with Crippen molar-refractivity contribution in [2.75, 3.05) is 7.11 Å². The van der Waals surface area contributed by atoms with Gasteiger partial charge in [-0.15, -0.1) is 0 Å². The second kappa shape index (κ2) is 11.0. The van der Waals surface area contributed by atoms with Crippen molar-refractivity contribution in [3.8, 4) is 16.9 Å². The molecule has 39 heavy (non-hydrogen) atoms. The number of ether oxygens (including phenoxy) is 3. The van der Waals surface area contributed by atoms with Crippen LogP contribution in [0.2, 0.25) is 0 Å². The summed E-state index contributed by atoms with van der Waals surface area (Å²) >= 11 is 0. The fourth-order valence-corrected chi connectivity index (χ4v) is 4.91. The van der Waals surface area contributed by atoms with E-state index < -0.39 is 23.4 Å². The summed E-state index contributed by atoms with van der Waals surface area (Å²) in [5.41, 5.74) is 4.49. The molecular weight excluding hydrogens is 497 g/mol. The normalized spacial score (nSPS) is 13.0. The first-order valence-electron chi connectivity index (χ1n) is 12.6. The van der Waals surface area contributed by atoms with E-state index >= 15 is 4.39 Å². The van der Waals surface area contributed by atoms with E-state index in [9.17, 15) is 9.59 Å². The SMILES string of the molecule is COC(=O)[C@@](C)(NC(=O)OCc1cccc2c1Cc1ccccc1-2)c1ccc(OCc2ccccc2)cc1F. The summed E-state index contributed by atoms with van der Waals surface area (Å²) < 4.78 is 31.4. The Kier molecular flexibility index (Phi) is 7.32. The van der Waals surface area contributed by atoms with Gasteiger partial charge < -0.3 is 19.5 Å². The lowest BCUT2D eigenvalue weighted by atomic mass is 9.91. The fourth-order valence-electron chi connectivity index (χ4n) is 4.91. The monoisotopic (exact) mass is 525 g/mol. The molecule has 0 aliphatic heterocycles. The average molecular weight is 526 g/mol. The number of rotatable bonds is 8. The van der Waals surface area contributed by atoms with Crippen molar-refractivity contribution in [1.82, 2.24) is 5.32 Å². The van der Waals surface area contributed by atoms with E-state index in [-0.39, 0.29) is 24.5 Å². The van der Waals surface area contributed by atoms with Crippen LogP contribution in [-0.2, 0) is 39.4 Å². The van der Waals surface area contributed by atoms with Crippen LogP contribution in [-0.4, -0.2) is 19.2 Å². The first-order valence-corrected chi connectivity index (χ1v) is 12.6. The Hall–Kier alpha value is -4.65. The zero-order valence-electron chi connectivity index (χ0n) is 21.7. The number of carbonyl (C=O) groups is 2. The van der Waals surface area contributed by atoms with E-state index in [0.717, 1.165) is 28.7 Å². The minimum atomic E-state index is -1.83. The van der Waals surface area contributed by atoms with Gasteiger partial charge in [0.2, 0.25) is 0 Å². The van der Waals surface area contributed by atoms with E-state index in [1.165, 1.54) is 37.3 Å². The Morgan fingerprint density at radius 3 is 2.41 bits per heavy atom. The number of methoxy groups -OCH3 is 1. The molecular formula is C32H28FNO5. The molecule has 0 fully saturated rings. The third kappa shape index (κ3) is 5.34. The van der Waals surface area contributed by atoms with Gasteiger partial charge in [-0.25, -0.2) is 14.0 Å². The number of esters is 1. The van der Waals surface area contributed by atoms with E-state index in [2.05, 4.69) is 23.5 Å². The van der Waals surface area contributed by atoms with Crippen LogP contribution in [0.3, 0.4) is 0 Å². The number of nitrogens with one attached hydrogen (secondary N) is 1. The lowest BCUT2D eigenvalue weighted by Gasteiger charge is -2.28. The number of hydrogen-bond acceptors (Lipinski definition) is 5. The van der Waals surface area contributed by atoms with Crippen LogP contribution in [0.5, 0.6) is 5.75 Å². The first kappa shape index (κ1) is 26.0. The minimum Gasteiger partial charge on any atom is -0.489 e. The molecule has 6 nitrogen and oxygen atoms in total. The predicted molar refractivity (Wildman–Crippen MR) is 145 cm³/mol. The van der Waals surface area contributed by atoms with Crippen LogP contribution < -0.4 is 10.1 Å². The lowest BCUT2D eigenvalue weighted by molar-refractivity contribution is -0.148. The third-order valence-electron chi connectivity index (χ3n) is 6.98. The van der Waals surface area contributed by atoms with Crippen molar-refractivity contribution in [2.24, 2.45) is 0 Å². The highest BCUT2D eigenvalue weighted by atomic mass is 19.1. The highest BCUT2D eigenvalue weighted by Crippen LogP contribution is 2.38. The summed E-state index contributed by atoms with van der Waals surface area (Å²) in [4.78, 5) is 25.7. The third-order valence-corrected chi connectivity index (χ3v) is 6.98. The van der Waals surface area contributed by atoms with Crippen molar-refractivity contribution in [2.45, 2.75) is 32.1 Å². The standard InChI is InChI=1S/C32H28FNO5/c1-32(30(35)37-2,28-16-15-24(18-29(28)33)38-19-21-9-4-3-5-10-21)34-31(36)39-20-23-12-8-14-26-25-13-7-6-11-22(25)17-27(23)26/h3-16,18H,17,19-20H2,1-2H3,(H,34,36)/t32-/m0/s1. The maximum absolute atomic E-state index is 15.3. The van der Waals surface area contributed by atoms with Crippen LogP contribution in [0, 0.1) is 5.82 Å². The summed E-state index contributed by atoms with van der Waals surface area (Å²) in [7, 11) is 1.17. The summed E-state index contributed by atoms with van der Waals surface area (Å²) in [5.74, 6) is -1.28. The number of carbonyl (C=O) groups excluding carboxylic acids is 2. The van der Waals surface area contributed by atoms with Gasteiger partial charge in [-0.1, -0.05) is 72.8 Å². The molecule has 7 heteroatoms. The smallest absolute Gasteiger partial charge is 0.408 e. The molecule has 1 atom stereocenters. The molecule has 0 aromatic heterocycles. The van der Waals surface area contributed by atoms with Gasteiger partial charge in [0.25, 0.3) is 0 Å². The van der Waals surface area contributed by atoms with E-state index in [1.807, 2.05) is 54.6 Å². The number of alkyl carbamates (subject to hydrolysis) is 1. The molecule has 1 aliphatic carbocycles. The number of fused-ring (bicyclic) bond motifs is 3. The van der Waals surface area contributed by atoms with Gasteiger partial charge in [-0.3, -0.25) is 0 Å². The van der Waals surface area contributed by atoms with E-state index in [1.54, 1.807) is 6.07 Å². The molecule has 1 aliphatic rings. The Morgan fingerprint density at radius 1 is 0.897 bits per heavy atom. The van der Waals surface area contributed by atoms with Crippen LogP contribution in [0.4, 0.5) is 9.18 Å². The van der Waals surface area contributed by atoms with Crippen LogP contribution in [0.25, 0.3) is 11.1 Å². The molecule has 0 bridgehead atoms. The van der Waals surface area contributed by atoms with Crippen molar-refractivity contribution in [3.63, 3.8) is 0 Å². The van der Waals surface area contributed by atoms with Gasteiger partial charge in [0.15, 0.2) is 5.54 Å². The van der Waals surface area contributed by atoms with Gasteiger partial charge >= 0.3 is 12.1 Å². The maximum Gasteiger partial charge on any atom is 0.408 e. The Bertz CT molecular complexity index is 1520. The second-order valence-corrected chi connectivity index (χ2v) is 9.51. The van der Waals surface area contributed by atoms with Gasteiger partial charge in [-0.05, 0) is 58.9 Å². The molecule has 0 saturated carbocycles.